The first kappa shape index (κ1) is 12.7. The van der Waals surface area contributed by atoms with Crippen LogP contribution in [0, 0.1) is 11.6 Å². The summed E-state index contributed by atoms with van der Waals surface area (Å²) in [5.74, 6) is -1.19. The highest BCUT2D eigenvalue weighted by Gasteiger charge is 2.10. The summed E-state index contributed by atoms with van der Waals surface area (Å²) in [7, 11) is 0. The molecule has 0 aliphatic heterocycles. The largest absolute Gasteiger partial charge is 0.310 e. The summed E-state index contributed by atoms with van der Waals surface area (Å²) in [6.45, 7) is 4.66. The fraction of sp³-hybridized carbons (Fsp3) is 0.308. The number of aromatic nitrogens is 2. The summed E-state index contributed by atoms with van der Waals surface area (Å²) in [4.78, 5) is 0. The molecule has 0 atom stereocenters. The second kappa shape index (κ2) is 5.27. The van der Waals surface area contributed by atoms with E-state index in [1.807, 2.05) is 13.8 Å². The van der Waals surface area contributed by atoms with Gasteiger partial charge in [-0.3, -0.25) is 5.10 Å². The number of hydrogen-bond donors (Lipinski definition) is 2. The van der Waals surface area contributed by atoms with Gasteiger partial charge in [-0.1, -0.05) is 13.8 Å². The summed E-state index contributed by atoms with van der Waals surface area (Å²) in [5, 5.41) is 9.94. The highest BCUT2D eigenvalue weighted by atomic mass is 19.1. The van der Waals surface area contributed by atoms with Crippen LogP contribution in [0.5, 0.6) is 0 Å². The number of nitrogens with one attached hydrogen (secondary N) is 2. The number of aromatic amines is 1. The Bertz CT molecular complexity index is 515. The smallest absolute Gasteiger partial charge is 0.126 e. The average molecular weight is 251 g/mol. The molecule has 18 heavy (non-hydrogen) atoms. The molecule has 0 amide bonds. The SMILES string of the molecule is CC(C)NCc1cn[nH]c1-c1cc(F)cc(F)c1. The number of benzene rings is 1. The van der Waals surface area contributed by atoms with Gasteiger partial charge in [0, 0.05) is 29.8 Å². The van der Waals surface area contributed by atoms with Crippen LogP contribution in [-0.2, 0) is 6.54 Å². The van der Waals surface area contributed by atoms with Crippen LogP contribution < -0.4 is 5.32 Å². The topological polar surface area (TPSA) is 40.7 Å². The van der Waals surface area contributed by atoms with E-state index >= 15 is 0 Å². The Hall–Kier alpha value is -1.75. The van der Waals surface area contributed by atoms with Crippen LogP contribution in [0.15, 0.2) is 24.4 Å². The monoisotopic (exact) mass is 251 g/mol. The second-order valence-corrected chi connectivity index (χ2v) is 4.46. The quantitative estimate of drug-likeness (QED) is 0.877. The van der Waals surface area contributed by atoms with Crippen molar-refractivity contribution in [1.29, 1.82) is 0 Å². The average Bonchev–Trinajstić information content (AvgIpc) is 2.72. The first-order valence-corrected chi connectivity index (χ1v) is 5.78. The summed E-state index contributed by atoms with van der Waals surface area (Å²) in [6, 6.07) is 3.76. The molecule has 2 aromatic rings. The van der Waals surface area contributed by atoms with Crippen LogP contribution in [0.2, 0.25) is 0 Å². The van der Waals surface area contributed by atoms with Gasteiger partial charge in [0.05, 0.1) is 11.9 Å². The van der Waals surface area contributed by atoms with Crippen LogP contribution in [0.1, 0.15) is 19.4 Å². The first-order valence-electron chi connectivity index (χ1n) is 5.78. The van der Waals surface area contributed by atoms with Crippen molar-refractivity contribution in [2.24, 2.45) is 0 Å². The molecule has 0 unspecified atom stereocenters. The predicted molar refractivity (Wildman–Crippen MR) is 65.9 cm³/mol. The van der Waals surface area contributed by atoms with Crippen molar-refractivity contribution in [3.63, 3.8) is 0 Å². The van der Waals surface area contributed by atoms with Crippen molar-refractivity contribution in [2.45, 2.75) is 26.4 Å². The van der Waals surface area contributed by atoms with Gasteiger partial charge < -0.3 is 5.32 Å². The predicted octanol–water partition coefficient (Wildman–Crippen LogP) is 2.85. The third kappa shape index (κ3) is 2.92. The number of hydrogen-bond acceptors (Lipinski definition) is 2. The van der Waals surface area contributed by atoms with Gasteiger partial charge in [-0.25, -0.2) is 8.78 Å². The zero-order valence-corrected chi connectivity index (χ0v) is 10.3. The van der Waals surface area contributed by atoms with Crippen LogP contribution in [0.25, 0.3) is 11.3 Å². The van der Waals surface area contributed by atoms with Crippen molar-refractivity contribution in [3.05, 3.63) is 41.6 Å². The van der Waals surface area contributed by atoms with Crippen molar-refractivity contribution >= 4 is 0 Å². The molecule has 1 aromatic heterocycles. The summed E-state index contributed by atoms with van der Waals surface area (Å²) >= 11 is 0. The molecule has 0 radical (unpaired) electrons. The van der Waals surface area contributed by atoms with E-state index in [9.17, 15) is 8.78 Å². The second-order valence-electron chi connectivity index (χ2n) is 4.46. The van der Waals surface area contributed by atoms with Gasteiger partial charge in [0.2, 0.25) is 0 Å². The molecule has 2 rings (SSSR count). The minimum Gasteiger partial charge on any atom is -0.310 e. The van der Waals surface area contributed by atoms with E-state index in [4.69, 9.17) is 0 Å². The Kier molecular flexibility index (Phi) is 3.72. The fourth-order valence-electron chi connectivity index (χ4n) is 1.71. The lowest BCUT2D eigenvalue weighted by Crippen LogP contribution is -2.21. The number of nitrogens with zero attached hydrogens (tertiary/aromatic N) is 1. The number of H-pyrrole nitrogens is 1. The maximum absolute atomic E-state index is 13.2. The molecular weight excluding hydrogens is 236 g/mol. The molecule has 0 saturated carbocycles. The molecule has 1 aromatic carbocycles. The molecular formula is C13H15F2N3. The van der Waals surface area contributed by atoms with Gasteiger partial charge >= 0.3 is 0 Å². The number of rotatable bonds is 4. The Morgan fingerprint density at radius 1 is 1.22 bits per heavy atom. The highest BCUT2D eigenvalue weighted by Crippen LogP contribution is 2.23. The molecule has 5 heteroatoms. The van der Waals surface area contributed by atoms with Gasteiger partial charge in [-0.2, -0.15) is 5.10 Å². The molecule has 2 N–H and O–H groups in total. The standard InChI is InChI=1S/C13H15F2N3/c1-8(2)16-6-10-7-17-18-13(10)9-3-11(14)5-12(15)4-9/h3-5,7-8,16H,6H2,1-2H3,(H,17,18). The molecule has 1 heterocycles. The minimum absolute atomic E-state index is 0.331. The van der Waals surface area contributed by atoms with Crippen LogP contribution in [0.4, 0.5) is 8.78 Å². The maximum atomic E-state index is 13.2. The van der Waals surface area contributed by atoms with E-state index in [-0.39, 0.29) is 0 Å². The van der Waals surface area contributed by atoms with E-state index in [1.54, 1.807) is 6.20 Å². The number of halogens is 2. The van der Waals surface area contributed by atoms with E-state index in [0.717, 1.165) is 11.6 Å². The van der Waals surface area contributed by atoms with Gasteiger partial charge in [-0.15, -0.1) is 0 Å². The zero-order valence-electron chi connectivity index (χ0n) is 10.3. The Morgan fingerprint density at radius 2 is 1.89 bits per heavy atom. The lowest BCUT2D eigenvalue weighted by atomic mass is 10.1. The summed E-state index contributed by atoms with van der Waals surface area (Å²) < 4.78 is 26.4. The minimum atomic E-state index is -0.595. The van der Waals surface area contributed by atoms with Gasteiger partial charge in [0.15, 0.2) is 0 Å². The molecule has 0 bridgehead atoms. The molecule has 96 valence electrons. The lowest BCUT2D eigenvalue weighted by molar-refractivity contribution is 0.583. The zero-order chi connectivity index (χ0) is 13.1. The van der Waals surface area contributed by atoms with E-state index in [0.29, 0.717) is 23.8 Å². The van der Waals surface area contributed by atoms with E-state index < -0.39 is 11.6 Å². The van der Waals surface area contributed by atoms with Crippen molar-refractivity contribution in [3.8, 4) is 11.3 Å². The van der Waals surface area contributed by atoms with Crippen molar-refractivity contribution in [2.75, 3.05) is 0 Å². The maximum Gasteiger partial charge on any atom is 0.126 e. The van der Waals surface area contributed by atoms with Crippen molar-refractivity contribution < 1.29 is 8.78 Å². The Morgan fingerprint density at radius 3 is 2.50 bits per heavy atom. The molecule has 3 nitrogen and oxygen atoms in total. The molecule has 0 spiro atoms. The molecule has 0 aliphatic carbocycles. The Labute approximate surface area is 104 Å². The third-order valence-electron chi connectivity index (χ3n) is 2.57. The first-order chi connectivity index (χ1) is 8.56. The van der Waals surface area contributed by atoms with Gasteiger partial charge in [0.1, 0.15) is 11.6 Å². The molecule has 0 aliphatic rings. The lowest BCUT2D eigenvalue weighted by Gasteiger charge is -2.08. The fourth-order valence-corrected chi connectivity index (χ4v) is 1.71. The van der Waals surface area contributed by atoms with E-state index in [2.05, 4.69) is 15.5 Å². The molecule has 0 saturated heterocycles. The van der Waals surface area contributed by atoms with Crippen LogP contribution in [-0.4, -0.2) is 16.2 Å². The van der Waals surface area contributed by atoms with E-state index in [1.165, 1.54) is 12.1 Å². The van der Waals surface area contributed by atoms with Gasteiger partial charge in [-0.05, 0) is 12.1 Å². The Balaban J connectivity index is 2.30. The van der Waals surface area contributed by atoms with Crippen LogP contribution in [0.3, 0.4) is 0 Å². The van der Waals surface area contributed by atoms with Crippen LogP contribution >= 0.6 is 0 Å². The van der Waals surface area contributed by atoms with Gasteiger partial charge in [0.25, 0.3) is 0 Å². The normalized spacial score (nSPS) is 11.2. The summed E-state index contributed by atoms with van der Waals surface area (Å²) in [6.07, 6.45) is 1.66. The molecule has 0 fully saturated rings. The third-order valence-corrected chi connectivity index (χ3v) is 2.57. The highest BCUT2D eigenvalue weighted by molar-refractivity contribution is 5.62. The summed E-state index contributed by atoms with van der Waals surface area (Å²) in [5.41, 5.74) is 1.99. The van der Waals surface area contributed by atoms with Crippen molar-refractivity contribution in [1.82, 2.24) is 15.5 Å².